The van der Waals surface area contributed by atoms with E-state index in [9.17, 15) is 18.0 Å². The molecule has 4 nitrogen and oxygen atoms in total. The Hall–Kier alpha value is -1.31. The standard InChI is InChI=1S/C8H9F3N2O2S/c1-5-3-16-7(12-5)13(2-6(14)15)4-8(9,10)11/h3H,2,4H2,1H3,(H,14,15). The Morgan fingerprint density at radius 3 is 2.62 bits per heavy atom. The molecule has 1 N–H and O–H groups in total. The SMILES string of the molecule is Cc1csc(N(CC(=O)O)CC(F)(F)F)n1. The summed E-state index contributed by atoms with van der Waals surface area (Å²) < 4.78 is 36.6. The van der Waals surface area contributed by atoms with Crippen LogP contribution < -0.4 is 4.90 Å². The molecule has 1 aromatic rings. The molecule has 1 heterocycles. The fourth-order valence-corrected chi connectivity index (χ4v) is 1.86. The molecule has 0 amide bonds. The molecular weight excluding hydrogens is 245 g/mol. The molecule has 0 aliphatic carbocycles. The Morgan fingerprint density at radius 1 is 1.62 bits per heavy atom. The number of nitrogens with zero attached hydrogens (tertiary/aromatic N) is 2. The van der Waals surface area contributed by atoms with Gasteiger partial charge >= 0.3 is 12.1 Å². The molecule has 0 saturated heterocycles. The van der Waals surface area contributed by atoms with E-state index in [1.165, 1.54) is 0 Å². The van der Waals surface area contributed by atoms with Crippen LogP contribution in [-0.4, -0.2) is 35.3 Å². The van der Waals surface area contributed by atoms with E-state index in [-0.39, 0.29) is 5.13 Å². The summed E-state index contributed by atoms with van der Waals surface area (Å²) in [4.78, 5) is 15.0. The summed E-state index contributed by atoms with van der Waals surface area (Å²) in [6.45, 7) is -0.398. The Balaban J connectivity index is 2.83. The Morgan fingerprint density at radius 2 is 2.25 bits per heavy atom. The molecule has 0 atom stereocenters. The number of thiazole rings is 1. The van der Waals surface area contributed by atoms with E-state index in [1.54, 1.807) is 12.3 Å². The van der Waals surface area contributed by atoms with Crippen molar-refractivity contribution in [2.45, 2.75) is 13.1 Å². The lowest BCUT2D eigenvalue weighted by molar-refractivity contribution is -0.136. The number of hydrogen-bond donors (Lipinski definition) is 1. The topological polar surface area (TPSA) is 53.4 Å². The van der Waals surface area contributed by atoms with Crippen LogP contribution in [0.5, 0.6) is 0 Å². The van der Waals surface area contributed by atoms with E-state index in [2.05, 4.69) is 4.98 Å². The highest BCUT2D eigenvalue weighted by molar-refractivity contribution is 7.13. The average molecular weight is 254 g/mol. The van der Waals surface area contributed by atoms with E-state index in [1.807, 2.05) is 0 Å². The number of aromatic nitrogens is 1. The van der Waals surface area contributed by atoms with E-state index < -0.39 is 25.2 Å². The largest absolute Gasteiger partial charge is 0.480 e. The maximum atomic E-state index is 12.2. The molecule has 0 radical (unpaired) electrons. The van der Waals surface area contributed by atoms with Crippen LogP contribution in [0.1, 0.15) is 5.69 Å². The van der Waals surface area contributed by atoms with Crippen LogP contribution >= 0.6 is 11.3 Å². The lowest BCUT2D eigenvalue weighted by Gasteiger charge is -2.20. The van der Waals surface area contributed by atoms with Gasteiger partial charge in [-0.3, -0.25) is 4.79 Å². The highest BCUT2D eigenvalue weighted by Gasteiger charge is 2.32. The third-order valence-electron chi connectivity index (χ3n) is 1.57. The van der Waals surface area contributed by atoms with Gasteiger partial charge in [-0.1, -0.05) is 0 Å². The molecule has 0 unspecified atom stereocenters. The maximum Gasteiger partial charge on any atom is 0.406 e. The molecule has 0 saturated carbocycles. The number of rotatable bonds is 4. The molecule has 0 aromatic carbocycles. The molecule has 0 aliphatic rings. The second kappa shape index (κ2) is 4.69. The summed E-state index contributed by atoms with van der Waals surface area (Å²) >= 11 is 0.992. The number of aliphatic carboxylic acids is 1. The number of anilines is 1. The normalized spacial score (nSPS) is 11.5. The molecule has 8 heteroatoms. The van der Waals surface area contributed by atoms with Crippen LogP contribution in [0.15, 0.2) is 5.38 Å². The Bertz CT molecular complexity index is 378. The zero-order valence-corrected chi connectivity index (χ0v) is 9.10. The first kappa shape index (κ1) is 12.8. The molecule has 1 aromatic heterocycles. The van der Waals surface area contributed by atoms with Gasteiger partial charge < -0.3 is 10.0 Å². The summed E-state index contributed by atoms with van der Waals surface area (Å²) in [7, 11) is 0. The highest BCUT2D eigenvalue weighted by atomic mass is 32.1. The van der Waals surface area contributed by atoms with Gasteiger partial charge in [0.25, 0.3) is 0 Å². The van der Waals surface area contributed by atoms with Gasteiger partial charge in [0.2, 0.25) is 0 Å². The maximum absolute atomic E-state index is 12.2. The van der Waals surface area contributed by atoms with Gasteiger partial charge in [0, 0.05) is 5.38 Å². The van der Waals surface area contributed by atoms with Crippen molar-refractivity contribution in [3.63, 3.8) is 0 Å². The predicted molar refractivity (Wildman–Crippen MR) is 52.8 cm³/mol. The summed E-state index contributed by atoms with van der Waals surface area (Å²) in [6.07, 6.45) is -4.45. The Kier molecular flexibility index (Phi) is 3.74. The zero-order valence-electron chi connectivity index (χ0n) is 8.28. The molecular formula is C8H9F3N2O2S. The summed E-state index contributed by atoms with van der Waals surface area (Å²) in [5.74, 6) is -1.32. The van der Waals surface area contributed by atoms with Crippen LogP contribution in [0.2, 0.25) is 0 Å². The minimum Gasteiger partial charge on any atom is -0.480 e. The second-order valence-corrected chi connectivity index (χ2v) is 3.97. The van der Waals surface area contributed by atoms with E-state index in [4.69, 9.17) is 5.11 Å². The summed E-state index contributed by atoms with van der Waals surface area (Å²) in [6, 6.07) is 0. The smallest absolute Gasteiger partial charge is 0.406 e. The van der Waals surface area contributed by atoms with Crippen molar-refractivity contribution < 1.29 is 23.1 Å². The molecule has 90 valence electrons. The van der Waals surface area contributed by atoms with Crippen LogP contribution in [0.25, 0.3) is 0 Å². The van der Waals surface area contributed by atoms with Gasteiger partial charge in [-0.15, -0.1) is 11.3 Å². The van der Waals surface area contributed by atoms with Gasteiger partial charge in [0.1, 0.15) is 13.1 Å². The number of carboxylic acid groups (broad SMARTS) is 1. The fraction of sp³-hybridized carbons (Fsp3) is 0.500. The van der Waals surface area contributed by atoms with Crippen molar-refractivity contribution in [3.05, 3.63) is 11.1 Å². The summed E-state index contributed by atoms with van der Waals surface area (Å²) in [5, 5.41) is 10.2. The zero-order chi connectivity index (χ0) is 12.3. The van der Waals surface area contributed by atoms with Crippen LogP contribution in [0, 0.1) is 6.92 Å². The fourth-order valence-electron chi connectivity index (χ4n) is 1.06. The van der Waals surface area contributed by atoms with Crippen molar-refractivity contribution in [2.24, 2.45) is 0 Å². The first-order valence-corrected chi connectivity index (χ1v) is 5.11. The van der Waals surface area contributed by atoms with E-state index >= 15 is 0 Å². The van der Waals surface area contributed by atoms with Crippen LogP contribution in [0.4, 0.5) is 18.3 Å². The van der Waals surface area contributed by atoms with Gasteiger partial charge in [0.15, 0.2) is 5.13 Å². The predicted octanol–water partition coefficient (Wildman–Crippen LogP) is 1.90. The van der Waals surface area contributed by atoms with Gasteiger partial charge in [0.05, 0.1) is 5.69 Å². The second-order valence-electron chi connectivity index (χ2n) is 3.14. The first-order valence-electron chi connectivity index (χ1n) is 4.23. The number of carboxylic acids is 1. The summed E-state index contributed by atoms with van der Waals surface area (Å²) in [5.41, 5.74) is 0.567. The van der Waals surface area contributed by atoms with Crippen molar-refractivity contribution in [1.29, 1.82) is 0 Å². The lowest BCUT2D eigenvalue weighted by atomic mass is 10.5. The molecule has 16 heavy (non-hydrogen) atoms. The number of carbonyl (C=O) groups is 1. The third kappa shape index (κ3) is 4.05. The van der Waals surface area contributed by atoms with Gasteiger partial charge in [-0.25, -0.2) is 4.98 Å². The minimum atomic E-state index is -4.45. The van der Waals surface area contributed by atoms with Crippen molar-refractivity contribution in [2.75, 3.05) is 18.0 Å². The van der Waals surface area contributed by atoms with Crippen LogP contribution in [0.3, 0.4) is 0 Å². The number of aryl methyl sites for hydroxylation is 1. The molecule has 1 rings (SSSR count). The molecule has 0 aliphatic heterocycles. The van der Waals surface area contributed by atoms with E-state index in [0.29, 0.717) is 10.6 Å². The van der Waals surface area contributed by atoms with E-state index in [0.717, 1.165) is 11.3 Å². The van der Waals surface area contributed by atoms with Gasteiger partial charge in [-0.05, 0) is 6.92 Å². The average Bonchev–Trinajstić information content (AvgIpc) is 2.47. The monoisotopic (exact) mass is 254 g/mol. The number of halogens is 3. The van der Waals surface area contributed by atoms with Gasteiger partial charge in [-0.2, -0.15) is 13.2 Å². The molecule has 0 fully saturated rings. The Labute approximate surface area is 93.3 Å². The minimum absolute atomic E-state index is 0.0669. The van der Waals surface area contributed by atoms with Crippen molar-refractivity contribution >= 4 is 22.4 Å². The van der Waals surface area contributed by atoms with Crippen molar-refractivity contribution in [3.8, 4) is 0 Å². The third-order valence-corrected chi connectivity index (χ3v) is 2.59. The molecule has 0 bridgehead atoms. The first-order chi connectivity index (χ1) is 7.28. The highest BCUT2D eigenvalue weighted by Crippen LogP contribution is 2.24. The lowest BCUT2D eigenvalue weighted by Crippen LogP contribution is -2.37. The quantitative estimate of drug-likeness (QED) is 0.891. The number of alkyl halides is 3. The number of hydrogen-bond acceptors (Lipinski definition) is 4. The van der Waals surface area contributed by atoms with Crippen LogP contribution in [-0.2, 0) is 4.79 Å². The molecule has 0 spiro atoms. The van der Waals surface area contributed by atoms with Crippen molar-refractivity contribution in [1.82, 2.24) is 4.98 Å².